The first-order valence-electron chi connectivity index (χ1n) is 8.48. The van der Waals surface area contributed by atoms with Crippen LogP contribution in [-0.2, 0) is 4.79 Å². The number of hydrogen-bond donors (Lipinski definition) is 0. The summed E-state index contributed by atoms with van der Waals surface area (Å²) in [4.78, 5) is 16.5. The van der Waals surface area contributed by atoms with Gasteiger partial charge in [-0.3, -0.25) is 9.69 Å². The lowest BCUT2D eigenvalue weighted by Gasteiger charge is -2.34. The third-order valence-corrected chi connectivity index (χ3v) is 5.01. The molecular formula is C19H26N2O. The van der Waals surface area contributed by atoms with Crippen LogP contribution in [0.25, 0.3) is 6.08 Å². The quantitative estimate of drug-likeness (QED) is 0.852. The third-order valence-electron chi connectivity index (χ3n) is 5.01. The van der Waals surface area contributed by atoms with E-state index in [0.29, 0.717) is 12.1 Å². The molecule has 2 fully saturated rings. The fourth-order valence-corrected chi connectivity index (χ4v) is 3.99. The van der Waals surface area contributed by atoms with E-state index in [-0.39, 0.29) is 5.91 Å². The highest BCUT2D eigenvalue weighted by Gasteiger charge is 2.38. The van der Waals surface area contributed by atoms with E-state index in [1.165, 1.54) is 24.8 Å². The zero-order chi connectivity index (χ0) is 15.4. The van der Waals surface area contributed by atoms with E-state index < -0.39 is 0 Å². The smallest absolute Gasteiger partial charge is 0.219 e. The van der Waals surface area contributed by atoms with Crippen molar-refractivity contribution in [1.82, 2.24) is 9.80 Å². The monoisotopic (exact) mass is 298 g/mol. The summed E-state index contributed by atoms with van der Waals surface area (Å²) in [5.74, 6) is 0.245. The Morgan fingerprint density at radius 1 is 1.14 bits per heavy atom. The van der Waals surface area contributed by atoms with Gasteiger partial charge in [-0.25, -0.2) is 0 Å². The second-order valence-electron chi connectivity index (χ2n) is 6.44. The van der Waals surface area contributed by atoms with E-state index in [2.05, 4.69) is 46.2 Å². The predicted molar refractivity (Wildman–Crippen MR) is 90.5 cm³/mol. The lowest BCUT2D eigenvalue weighted by molar-refractivity contribution is -0.130. The van der Waals surface area contributed by atoms with Gasteiger partial charge in [0, 0.05) is 32.1 Å². The molecule has 3 rings (SSSR count). The van der Waals surface area contributed by atoms with E-state index in [1.54, 1.807) is 6.92 Å². The standard InChI is InChI=1S/C19H26N2O/c1-16(22)21-15-7-12-19(21)18-11-6-14-20(18)13-5-10-17-8-3-2-4-9-17/h2-5,8-10,18-19H,6-7,11-15H2,1H3/b10-5+/t18-,19+/m0/s1. The van der Waals surface area contributed by atoms with Crippen LogP contribution < -0.4 is 0 Å². The molecule has 2 heterocycles. The van der Waals surface area contributed by atoms with E-state index in [9.17, 15) is 4.79 Å². The van der Waals surface area contributed by atoms with Crippen molar-refractivity contribution in [1.29, 1.82) is 0 Å². The summed E-state index contributed by atoms with van der Waals surface area (Å²) in [6, 6.07) is 11.4. The first-order valence-corrected chi connectivity index (χ1v) is 8.48. The van der Waals surface area contributed by atoms with Crippen LogP contribution in [0.1, 0.15) is 38.2 Å². The van der Waals surface area contributed by atoms with E-state index in [4.69, 9.17) is 0 Å². The maximum absolute atomic E-state index is 11.8. The molecule has 0 bridgehead atoms. The Hall–Kier alpha value is -1.61. The molecule has 22 heavy (non-hydrogen) atoms. The average molecular weight is 298 g/mol. The number of carbonyl (C=O) groups is 1. The van der Waals surface area contributed by atoms with Crippen molar-refractivity contribution in [3.05, 3.63) is 42.0 Å². The van der Waals surface area contributed by atoms with Gasteiger partial charge in [0.2, 0.25) is 5.91 Å². The van der Waals surface area contributed by atoms with Crippen molar-refractivity contribution < 1.29 is 4.79 Å². The minimum absolute atomic E-state index is 0.245. The normalized spacial score (nSPS) is 26.1. The summed E-state index contributed by atoms with van der Waals surface area (Å²) in [6.45, 7) is 4.81. The lowest BCUT2D eigenvalue weighted by Crippen LogP contribution is -2.47. The molecule has 0 aliphatic carbocycles. The number of amides is 1. The van der Waals surface area contributed by atoms with Gasteiger partial charge in [-0.1, -0.05) is 42.5 Å². The van der Waals surface area contributed by atoms with Crippen LogP contribution in [-0.4, -0.2) is 47.4 Å². The first-order chi connectivity index (χ1) is 10.8. The van der Waals surface area contributed by atoms with E-state index in [0.717, 1.165) is 26.1 Å². The topological polar surface area (TPSA) is 23.6 Å². The van der Waals surface area contributed by atoms with Gasteiger partial charge in [0.05, 0.1) is 0 Å². The minimum atomic E-state index is 0.245. The first kappa shape index (κ1) is 15.3. The van der Waals surface area contributed by atoms with Gasteiger partial charge < -0.3 is 4.90 Å². The van der Waals surface area contributed by atoms with E-state index >= 15 is 0 Å². The molecule has 0 spiro atoms. The summed E-state index contributed by atoms with van der Waals surface area (Å²) in [5, 5.41) is 0. The number of benzene rings is 1. The average Bonchev–Trinajstić information content (AvgIpc) is 3.16. The van der Waals surface area contributed by atoms with E-state index in [1.807, 2.05) is 6.07 Å². The van der Waals surface area contributed by atoms with Crippen LogP contribution >= 0.6 is 0 Å². The maximum atomic E-state index is 11.8. The van der Waals surface area contributed by atoms with Crippen LogP contribution in [0.4, 0.5) is 0 Å². The van der Waals surface area contributed by atoms with Crippen LogP contribution in [0.5, 0.6) is 0 Å². The highest BCUT2D eigenvalue weighted by molar-refractivity contribution is 5.74. The Labute approximate surface area is 133 Å². The highest BCUT2D eigenvalue weighted by Crippen LogP contribution is 2.29. The Morgan fingerprint density at radius 3 is 2.64 bits per heavy atom. The molecule has 0 unspecified atom stereocenters. The molecule has 3 heteroatoms. The summed E-state index contributed by atoms with van der Waals surface area (Å²) >= 11 is 0. The lowest BCUT2D eigenvalue weighted by atomic mass is 10.0. The maximum Gasteiger partial charge on any atom is 0.219 e. The summed E-state index contributed by atoms with van der Waals surface area (Å²) in [7, 11) is 0. The highest BCUT2D eigenvalue weighted by atomic mass is 16.2. The number of rotatable bonds is 4. The Balaban J connectivity index is 1.61. The second-order valence-corrected chi connectivity index (χ2v) is 6.44. The number of nitrogens with zero attached hydrogens (tertiary/aromatic N) is 2. The molecule has 3 nitrogen and oxygen atoms in total. The molecule has 2 atom stereocenters. The van der Waals surface area contributed by atoms with Crippen LogP contribution in [0.15, 0.2) is 36.4 Å². The molecule has 1 aromatic carbocycles. The van der Waals surface area contributed by atoms with Crippen LogP contribution in [0, 0.1) is 0 Å². The summed E-state index contributed by atoms with van der Waals surface area (Å²) < 4.78 is 0. The van der Waals surface area contributed by atoms with Crippen molar-refractivity contribution in [3.8, 4) is 0 Å². The molecule has 118 valence electrons. The summed E-state index contributed by atoms with van der Waals surface area (Å²) in [5.41, 5.74) is 1.25. The molecule has 0 saturated carbocycles. The molecule has 2 aliphatic rings. The predicted octanol–water partition coefficient (Wildman–Crippen LogP) is 3.18. The van der Waals surface area contributed by atoms with Gasteiger partial charge in [-0.15, -0.1) is 0 Å². The van der Waals surface area contributed by atoms with Crippen molar-refractivity contribution in [2.45, 2.75) is 44.7 Å². The fourth-order valence-electron chi connectivity index (χ4n) is 3.99. The van der Waals surface area contributed by atoms with Crippen molar-refractivity contribution >= 4 is 12.0 Å². The van der Waals surface area contributed by atoms with Crippen LogP contribution in [0.3, 0.4) is 0 Å². The molecule has 0 radical (unpaired) electrons. The molecular weight excluding hydrogens is 272 g/mol. The van der Waals surface area contributed by atoms with Crippen molar-refractivity contribution in [2.24, 2.45) is 0 Å². The van der Waals surface area contributed by atoms with Crippen LogP contribution in [0.2, 0.25) is 0 Å². The Kier molecular flexibility index (Phi) is 4.94. The number of hydrogen-bond acceptors (Lipinski definition) is 2. The van der Waals surface area contributed by atoms with Gasteiger partial charge in [0.1, 0.15) is 0 Å². The van der Waals surface area contributed by atoms with Crippen molar-refractivity contribution in [3.63, 3.8) is 0 Å². The van der Waals surface area contributed by atoms with Gasteiger partial charge in [0.25, 0.3) is 0 Å². The zero-order valence-electron chi connectivity index (χ0n) is 13.4. The largest absolute Gasteiger partial charge is 0.338 e. The molecule has 0 N–H and O–H groups in total. The van der Waals surface area contributed by atoms with Gasteiger partial charge in [-0.2, -0.15) is 0 Å². The minimum Gasteiger partial charge on any atom is -0.338 e. The molecule has 1 amide bonds. The Morgan fingerprint density at radius 2 is 1.86 bits per heavy atom. The van der Waals surface area contributed by atoms with Gasteiger partial charge in [-0.05, 0) is 37.8 Å². The zero-order valence-corrected chi connectivity index (χ0v) is 13.4. The second kappa shape index (κ2) is 7.10. The molecule has 2 aliphatic heterocycles. The Bertz CT molecular complexity index is 525. The number of carbonyl (C=O) groups excluding carboxylic acids is 1. The fraction of sp³-hybridized carbons (Fsp3) is 0.526. The third kappa shape index (κ3) is 3.41. The number of likely N-dealkylation sites (tertiary alicyclic amines) is 2. The molecule has 1 aromatic rings. The van der Waals surface area contributed by atoms with Crippen molar-refractivity contribution in [2.75, 3.05) is 19.6 Å². The molecule has 0 aromatic heterocycles. The van der Waals surface area contributed by atoms with Gasteiger partial charge >= 0.3 is 0 Å². The summed E-state index contributed by atoms with van der Waals surface area (Å²) in [6.07, 6.45) is 9.28. The van der Waals surface area contributed by atoms with Gasteiger partial charge in [0.15, 0.2) is 0 Å². The molecule has 2 saturated heterocycles. The SMILES string of the molecule is CC(=O)N1CCC[C@@H]1[C@@H]1CCCN1C/C=C/c1ccccc1.